The van der Waals surface area contributed by atoms with Crippen LogP contribution in [0, 0.1) is 6.92 Å². The largest absolute Gasteiger partial charge is 0.443 e. The van der Waals surface area contributed by atoms with E-state index in [4.69, 9.17) is 9.84 Å². The summed E-state index contributed by atoms with van der Waals surface area (Å²) in [5.41, 5.74) is 6.05. The van der Waals surface area contributed by atoms with E-state index in [1.165, 1.54) is 11.8 Å². The maximum absolute atomic E-state index is 13.9. The number of anilines is 1. The first-order chi connectivity index (χ1) is 18.6. The van der Waals surface area contributed by atoms with Gasteiger partial charge in [0, 0.05) is 12.0 Å². The molecule has 0 radical (unpaired) electrons. The van der Waals surface area contributed by atoms with Gasteiger partial charge in [-0.2, -0.15) is 5.10 Å². The second kappa shape index (κ2) is 8.92. The summed E-state index contributed by atoms with van der Waals surface area (Å²) < 4.78 is 6.98. The Morgan fingerprint density at radius 3 is 2.37 bits per heavy atom. The van der Waals surface area contributed by atoms with Crippen LogP contribution in [0.5, 0.6) is 5.75 Å². The minimum Gasteiger partial charge on any atom is -0.443 e. The zero-order valence-electron chi connectivity index (χ0n) is 20.8. The molecular formula is C32H25N3O2S. The van der Waals surface area contributed by atoms with Crippen molar-refractivity contribution in [1.29, 1.82) is 0 Å². The molecule has 2 unspecified atom stereocenters. The van der Waals surface area contributed by atoms with Crippen molar-refractivity contribution in [2.45, 2.75) is 25.2 Å². The minimum absolute atomic E-state index is 0.0897. The Morgan fingerprint density at radius 1 is 0.895 bits per heavy atom. The summed E-state index contributed by atoms with van der Waals surface area (Å²) in [6.45, 7) is 2.08. The molecule has 0 N–H and O–H groups in total. The molecule has 1 fully saturated rings. The fourth-order valence-corrected chi connectivity index (χ4v) is 6.56. The maximum Gasteiger partial charge on any atom is 0.321 e. The van der Waals surface area contributed by atoms with Crippen LogP contribution in [-0.2, 0) is 0 Å². The van der Waals surface area contributed by atoms with Crippen LogP contribution >= 0.6 is 11.8 Å². The van der Waals surface area contributed by atoms with E-state index in [-0.39, 0.29) is 11.3 Å². The summed E-state index contributed by atoms with van der Waals surface area (Å²) in [5.74, 6) is -0.494. The third-order valence-corrected chi connectivity index (χ3v) is 8.31. The minimum atomic E-state index is -1.26. The number of para-hydroxylation sites is 2. The molecule has 0 aliphatic carbocycles. The van der Waals surface area contributed by atoms with Gasteiger partial charge < -0.3 is 4.74 Å². The number of carbonyl (C=O) groups is 1. The lowest BCUT2D eigenvalue weighted by Crippen LogP contribution is -2.63. The van der Waals surface area contributed by atoms with Gasteiger partial charge in [0.25, 0.3) is 5.24 Å². The normalized spacial score (nSPS) is 22.9. The molecule has 2 atom stereocenters. The molecule has 4 aromatic carbocycles. The van der Waals surface area contributed by atoms with Crippen molar-refractivity contribution in [2.24, 2.45) is 5.10 Å². The molecular weight excluding hydrogens is 490 g/mol. The van der Waals surface area contributed by atoms with Crippen LogP contribution in [0.2, 0.25) is 0 Å². The Bertz CT molecular complexity index is 1600. The fraction of sp³-hybridized carbons (Fsp3) is 0.125. The molecule has 3 aliphatic heterocycles. The Balaban J connectivity index is 1.50. The number of thioether (sulfide) groups is 1. The van der Waals surface area contributed by atoms with Crippen LogP contribution in [0.4, 0.5) is 10.5 Å². The van der Waals surface area contributed by atoms with E-state index in [2.05, 4.69) is 43.3 Å². The van der Waals surface area contributed by atoms with Crippen LogP contribution in [0.1, 0.15) is 34.7 Å². The summed E-state index contributed by atoms with van der Waals surface area (Å²) in [6, 6.07) is 36.2. The van der Waals surface area contributed by atoms with Crippen LogP contribution in [0.3, 0.4) is 0 Å². The Kier molecular flexibility index (Phi) is 5.37. The number of ether oxygens (including phenoxy) is 1. The highest BCUT2D eigenvalue weighted by Gasteiger charge is 2.63. The molecule has 7 rings (SSSR count). The van der Waals surface area contributed by atoms with Gasteiger partial charge in [-0.25, -0.2) is 9.91 Å². The number of rotatable bonds is 3. The zero-order valence-corrected chi connectivity index (χ0v) is 21.6. The lowest BCUT2D eigenvalue weighted by Gasteiger charge is -2.49. The number of fused-ring (bicyclic) bond motifs is 4. The van der Waals surface area contributed by atoms with Crippen molar-refractivity contribution < 1.29 is 9.53 Å². The molecule has 38 heavy (non-hydrogen) atoms. The molecule has 6 heteroatoms. The molecule has 3 heterocycles. The fourth-order valence-electron chi connectivity index (χ4n) is 5.51. The van der Waals surface area contributed by atoms with E-state index in [9.17, 15) is 4.79 Å². The molecule has 4 aromatic rings. The van der Waals surface area contributed by atoms with Gasteiger partial charge in [0.1, 0.15) is 5.75 Å². The number of nitrogens with zero attached hydrogens (tertiary/aromatic N) is 3. The van der Waals surface area contributed by atoms with Crippen molar-refractivity contribution in [1.82, 2.24) is 5.01 Å². The molecule has 5 nitrogen and oxygen atoms in total. The monoisotopic (exact) mass is 515 g/mol. The highest BCUT2D eigenvalue weighted by molar-refractivity contribution is 8.17. The van der Waals surface area contributed by atoms with E-state index >= 15 is 0 Å². The predicted octanol–water partition coefficient (Wildman–Crippen LogP) is 7.61. The van der Waals surface area contributed by atoms with Gasteiger partial charge >= 0.3 is 5.85 Å². The van der Waals surface area contributed by atoms with Crippen molar-refractivity contribution in [3.05, 3.63) is 136 Å². The summed E-state index contributed by atoms with van der Waals surface area (Å²) in [7, 11) is 0. The first-order valence-electron chi connectivity index (χ1n) is 12.7. The summed E-state index contributed by atoms with van der Waals surface area (Å²) in [5, 5.41) is 7.14. The zero-order chi connectivity index (χ0) is 25.7. The van der Waals surface area contributed by atoms with Gasteiger partial charge in [-0.3, -0.25) is 4.79 Å². The average molecular weight is 516 g/mol. The Labute approximate surface area is 226 Å². The van der Waals surface area contributed by atoms with Gasteiger partial charge in [0.15, 0.2) is 0 Å². The second-order valence-corrected chi connectivity index (χ2v) is 10.6. The van der Waals surface area contributed by atoms with Crippen LogP contribution < -0.4 is 9.64 Å². The van der Waals surface area contributed by atoms with Crippen LogP contribution in [0.25, 0.3) is 6.08 Å². The number of carbonyl (C=O) groups excluding carboxylic acids is 1. The first kappa shape index (κ1) is 22.9. The Morgan fingerprint density at radius 2 is 1.58 bits per heavy atom. The summed E-state index contributed by atoms with van der Waals surface area (Å²) in [4.78, 5) is 16.4. The molecule has 3 aliphatic rings. The van der Waals surface area contributed by atoms with Crippen molar-refractivity contribution >= 4 is 34.5 Å². The number of benzene rings is 4. The molecule has 186 valence electrons. The van der Waals surface area contributed by atoms with Crippen LogP contribution in [-0.4, -0.2) is 21.8 Å². The van der Waals surface area contributed by atoms with Gasteiger partial charge in [0.05, 0.1) is 22.3 Å². The van der Waals surface area contributed by atoms with Crippen molar-refractivity contribution in [3.8, 4) is 5.75 Å². The summed E-state index contributed by atoms with van der Waals surface area (Å²) >= 11 is 1.21. The van der Waals surface area contributed by atoms with Crippen LogP contribution in [0.15, 0.2) is 119 Å². The van der Waals surface area contributed by atoms with E-state index in [1.54, 1.807) is 4.90 Å². The van der Waals surface area contributed by atoms with Crippen molar-refractivity contribution in [3.63, 3.8) is 0 Å². The van der Waals surface area contributed by atoms with Crippen molar-refractivity contribution in [2.75, 3.05) is 4.90 Å². The highest BCUT2D eigenvalue weighted by Crippen LogP contribution is 2.57. The predicted molar refractivity (Wildman–Crippen MR) is 153 cm³/mol. The molecule has 0 saturated carbocycles. The topological polar surface area (TPSA) is 45.1 Å². The molecule has 1 amide bonds. The molecule has 0 aromatic heterocycles. The van der Waals surface area contributed by atoms with E-state index in [0.29, 0.717) is 6.42 Å². The Hall–Kier alpha value is -4.29. The van der Waals surface area contributed by atoms with E-state index in [1.807, 2.05) is 83.9 Å². The van der Waals surface area contributed by atoms with Gasteiger partial charge in [-0.05, 0) is 59.7 Å². The number of aryl methyl sites for hydroxylation is 1. The number of hydrogen-bond donors (Lipinski definition) is 0. The van der Waals surface area contributed by atoms with Gasteiger partial charge in [0.2, 0.25) is 0 Å². The SMILES string of the molecule is Cc1ccccc1/C=C1\SC(=O)N(c2ccccc2)C12Oc1ccccc1C1CC(c3ccccc3)=NN12. The average Bonchev–Trinajstić information content (AvgIpc) is 3.52. The molecule has 1 spiro atoms. The number of hydrazone groups is 1. The number of amides is 1. The lowest BCUT2D eigenvalue weighted by molar-refractivity contribution is -0.0763. The first-order valence-corrected chi connectivity index (χ1v) is 13.5. The lowest BCUT2D eigenvalue weighted by atomic mass is 9.95. The smallest absolute Gasteiger partial charge is 0.321 e. The van der Waals surface area contributed by atoms with Gasteiger partial charge in [-0.1, -0.05) is 91.0 Å². The number of hydrogen-bond acceptors (Lipinski definition) is 5. The third-order valence-electron chi connectivity index (χ3n) is 7.35. The second-order valence-electron chi connectivity index (χ2n) is 9.63. The molecule has 0 bridgehead atoms. The molecule has 1 saturated heterocycles. The standard InChI is InChI=1S/C32H25N3O2S/c1-22-12-8-9-15-24(22)20-30-32(34(31(36)38-30)25-16-6-3-7-17-25)35-28(26-18-10-11-19-29(26)37-32)21-27(33-35)23-13-4-2-5-14-23/h2-20,28H,21H2,1H3/b30-20-. The van der Waals surface area contributed by atoms with Gasteiger partial charge in [-0.15, -0.1) is 0 Å². The quantitative estimate of drug-likeness (QED) is 0.282. The van der Waals surface area contributed by atoms with E-state index in [0.717, 1.165) is 44.3 Å². The van der Waals surface area contributed by atoms with E-state index < -0.39 is 5.85 Å². The third kappa shape index (κ3) is 3.48. The summed E-state index contributed by atoms with van der Waals surface area (Å²) in [6.07, 6.45) is 2.80. The highest BCUT2D eigenvalue weighted by atomic mass is 32.2. The maximum atomic E-state index is 13.9.